The van der Waals surface area contributed by atoms with Crippen molar-refractivity contribution in [3.8, 4) is 0 Å². The summed E-state index contributed by atoms with van der Waals surface area (Å²) in [4.78, 5) is 14.8. The van der Waals surface area contributed by atoms with Crippen LogP contribution >= 0.6 is 11.9 Å². The van der Waals surface area contributed by atoms with Crippen LogP contribution in [0.3, 0.4) is 0 Å². The smallest absolute Gasteiger partial charge is 0.222 e. The van der Waals surface area contributed by atoms with E-state index < -0.39 is 0 Å². The lowest BCUT2D eigenvalue weighted by Crippen LogP contribution is -2.32. The molecule has 1 amide bonds. The second-order valence-electron chi connectivity index (χ2n) is 5.96. The minimum atomic E-state index is 0.0326. The highest BCUT2D eigenvalue weighted by Gasteiger charge is 2.07. The van der Waals surface area contributed by atoms with Gasteiger partial charge in [0.25, 0.3) is 0 Å². The minimum absolute atomic E-state index is 0.0326. The van der Waals surface area contributed by atoms with Crippen molar-refractivity contribution in [1.29, 1.82) is 0 Å². The number of nitrogens with one attached hydrogen (secondary N) is 2. The maximum atomic E-state index is 11.5. The Morgan fingerprint density at radius 1 is 1.09 bits per heavy atom. The van der Waals surface area contributed by atoms with Gasteiger partial charge in [0.1, 0.15) is 0 Å². The average Bonchev–Trinajstić information content (AvgIpc) is 2.53. The fourth-order valence-corrected chi connectivity index (χ4v) is 3.11. The Kier molecular flexibility index (Phi) is 6.30. The number of nitrogens with zero attached hydrogens (tertiary/aromatic N) is 1. The van der Waals surface area contributed by atoms with E-state index in [9.17, 15) is 4.79 Å². The first-order valence-corrected chi connectivity index (χ1v) is 8.69. The van der Waals surface area contributed by atoms with E-state index in [0.29, 0.717) is 6.54 Å². The Morgan fingerprint density at radius 2 is 1.78 bits per heavy atom. The Bertz CT molecular complexity index is 670. The normalized spacial score (nSPS) is 11.0. The first-order valence-electron chi connectivity index (χ1n) is 7.87. The van der Waals surface area contributed by atoms with Gasteiger partial charge in [-0.2, -0.15) is 0 Å². The molecule has 0 heterocycles. The van der Waals surface area contributed by atoms with Crippen LogP contribution in [0, 0.1) is 5.92 Å². The maximum Gasteiger partial charge on any atom is 0.222 e. The van der Waals surface area contributed by atoms with Crippen LogP contribution in [0.1, 0.15) is 13.8 Å². The SMILES string of the molecule is CC(C)C(=O)NCCNSc1cccc2c(N(C)C)cccc12. The van der Waals surface area contributed by atoms with Gasteiger partial charge in [-0.05, 0) is 29.5 Å². The van der Waals surface area contributed by atoms with E-state index in [1.165, 1.54) is 21.4 Å². The molecule has 2 rings (SSSR count). The molecule has 0 aliphatic rings. The largest absolute Gasteiger partial charge is 0.377 e. The van der Waals surface area contributed by atoms with Crippen LogP contribution in [0.4, 0.5) is 5.69 Å². The van der Waals surface area contributed by atoms with Crippen LogP contribution in [-0.4, -0.2) is 33.1 Å². The number of benzene rings is 2. The van der Waals surface area contributed by atoms with Crippen LogP contribution in [0.25, 0.3) is 10.8 Å². The van der Waals surface area contributed by atoms with E-state index in [4.69, 9.17) is 0 Å². The van der Waals surface area contributed by atoms with Gasteiger partial charge < -0.3 is 10.2 Å². The van der Waals surface area contributed by atoms with E-state index >= 15 is 0 Å². The number of hydrogen-bond acceptors (Lipinski definition) is 4. The first kappa shape index (κ1) is 17.6. The van der Waals surface area contributed by atoms with Gasteiger partial charge in [-0.1, -0.05) is 38.1 Å². The molecule has 0 fully saturated rings. The second kappa shape index (κ2) is 8.22. The zero-order valence-corrected chi connectivity index (χ0v) is 15.0. The molecule has 0 saturated heterocycles. The van der Waals surface area contributed by atoms with Gasteiger partial charge in [-0.3, -0.25) is 9.52 Å². The van der Waals surface area contributed by atoms with Crippen molar-refractivity contribution < 1.29 is 4.79 Å². The highest BCUT2D eigenvalue weighted by molar-refractivity contribution is 7.97. The van der Waals surface area contributed by atoms with Crippen LogP contribution in [0.15, 0.2) is 41.3 Å². The van der Waals surface area contributed by atoms with Crippen molar-refractivity contribution in [3.63, 3.8) is 0 Å². The zero-order chi connectivity index (χ0) is 16.8. The lowest BCUT2D eigenvalue weighted by Gasteiger charge is -2.16. The van der Waals surface area contributed by atoms with Gasteiger partial charge in [0, 0.05) is 49.1 Å². The van der Waals surface area contributed by atoms with Crippen LogP contribution < -0.4 is 14.9 Å². The third-order valence-electron chi connectivity index (χ3n) is 3.57. The average molecular weight is 331 g/mol. The number of amides is 1. The molecule has 0 saturated carbocycles. The van der Waals surface area contributed by atoms with Gasteiger partial charge in [0.2, 0.25) is 5.91 Å². The van der Waals surface area contributed by atoms with Crippen LogP contribution in [-0.2, 0) is 4.79 Å². The third-order valence-corrected chi connectivity index (χ3v) is 4.50. The molecule has 124 valence electrons. The molecular formula is C18H25N3OS. The van der Waals surface area contributed by atoms with Gasteiger partial charge in [-0.25, -0.2) is 0 Å². The Hall–Kier alpha value is -1.72. The number of anilines is 1. The fourth-order valence-electron chi connectivity index (χ4n) is 2.31. The Morgan fingerprint density at radius 3 is 2.48 bits per heavy atom. The van der Waals surface area contributed by atoms with Gasteiger partial charge in [0.05, 0.1) is 0 Å². The van der Waals surface area contributed by atoms with Gasteiger partial charge in [-0.15, -0.1) is 0 Å². The standard InChI is InChI=1S/C18H25N3OS/c1-13(2)18(22)19-11-12-20-23-17-10-6-7-14-15(17)8-5-9-16(14)21(3)4/h5-10,13,20H,11-12H2,1-4H3,(H,19,22). The molecule has 0 atom stereocenters. The topological polar surface area (TPSA) is 44.4 Å². The summed E-state index contributed by atoms with van der Waals surface area (Å²) in [6.07, 6.45) is 0. The van der Waals surface area contributed by atoms with Crippen molar-refractivity contribution in [1.82, 2.24) is 10.0 Å². The number of fused-ring (bicyclic) bond motifs is 1. The molecule has 5 heteroatoms. The van der Waals surface area contributed by atoms with E-state index in [-0.39, 0.29) is 11.8 Å². The van der Waals surface area contributed by atoms with Gasteiger partial charge in [0.15, 0.2) is 0 Å². The molecule has 2 aromatic carbocycles. The maximum absolute atomic E-state index is 11.5. The summed E-state index contributed by atoms with van der Waals surface area (Å²) in [5, 5.41) is 5.39. The predicted molar refractivity (Wildman–Crippen MR) is 100.0 cm³/mol. The summed E-state index contributed by atoms with van der Waals surface area (Å²) in [5.41, 5.74) is 1.22. The molecule has 23 heavy (non-hydrogen) atoms. The second-order valence-corrected chi connectivity index (χ2v) is 6.90. The minimum Gasteiger partial charge on any atom is -0.377 e. The lowest BCUT2D eigenvalue weighted by atomic mass is 10.1. The van der Waals surface area contributed by atoms with Crippen LogP contribution in [0.5, 0.6) is 0 Å². The summed E-state index contributed by atoms with van der Waals surface area (Å²) >= 11 is 1.61. The fraction of sp³-hybridized carbons (Fsp3) is 0.389. The quantitative estimate of drug-likeness (QED) is 0.604. The molecule has 0 radical (unpaired) electrons. The van der Waals surface area contributed by atoms with E-state index in [1.807, 2.05) is 13.8 Å². The van der Waals surface area contributed by atoms with E-state index in [0.717, 1.165) is 6.54 Å². The molecular weight excluding hydrogens is 306 g/mol. The summed E-state index contributed by atoms with van der Waals surface area (Å²) in [5.74, 6) is 0.128. The monoisotopic (exact) mass is 331 g/mol. The molecule has 0 spiro atoms. The molecule has 4 nitrogen and oxygen atoms in total. The van der Waals surface area contributed by atoms with Gasteiger partial charge >= 0.3 is 0 Å². The van der Waals surface area contributed by atoms with Crippen molar-refractivity contribution in [2.75, 3.05) is 32.1 Å². The Labute approximate surface area is 142 Å². The third kappa shape index (κ3) is 4.62. The summed E-state index contributed by atoms with van der Waals surface area (Å²) in [6.45, 7) is 5.16. The number of hydrogen-bond donors (Lipinski definition) is 2. The van der Waals surface area contributed by atoms with Crippen molar-refractivity contribution in [2.24, 2.45) is 5.92 Å². The predicted octanol–water partition coefficient (Wildman–Crippen LogP) is 3.27. The molecule has 0 aromatic heterocycles. The van der Waals surface area contributed by atoms with Crippen LogP contribution in [0.2, 0.25) is 0 Å². The molecule has 2 N–H and O–H groups in total. The number of carbonyl (C=O) groups is 1. The van der Waals surface area contributed by atoms with E-state index in [2.05, 4.69) is 65.4 Å². The number of carbonyl (C=O) groups excluding carboxylic acids is 1. The molecule has 0 unspecified atom stereocenters. The Balaban J connectivity index is 1.99. The summed E-state index contributed by atoms with van der Waals surface area (Å²) < 4.78 is 3.33. The zero-order valence-electron chi connectivity index (χ0n) is 14.2. The molecule has 0 bridgehead atoms. The van der Waals surface area contributed by atoms with Crippen molar-refractivity contribution in [2.45, 2.75) is 18.7 Å². The van der Waals surface area contributed by atoms with Crippen molar-refractivity contribution >= 4 is 34.3 Å². The lowest BCUT2D eigenvalue weighted by molar-refractivity contribution is -0.123. The summed E-state index contributed by atoms with van der Waals surface area (Å²) in [7, 11) is 4.12. The van der Waals surface area contributed by atoms with Crippen molar-refractivity contribution in [3.05, 3.63) is 36.4 Å². The first-order chi connectivity index (χ1) is 11.0. The molecule has 0 aliphatic heterocycles. The summed E-state index contributed by atoms with van der Waals surface area (Å²) in [6, 6.07) is 12.7. The van der Waals surface area contributed by atoms with E-state index in [1.54, 1.807) is 11.9 Å². The highest BCUT2D eigenvalue weighted by Crippen LogP contribution is 2.31. The molecule has 2 aromatic rings. The highest BCUT2D eigenvalue weighted by atomic mass is 32.2. The molecule has 0 aliphatic carbocycles. The number of rotatable bonds is 7.